The lowest BCUT2D eigenvalue weighted by Crippen LogP contribution is -2.08. The van der Waals surface area contributed by atoms with E-state index >= 15 is 0 Å². The number of nitrogens with zero attached hydrogens (tertiary/aromatic N) is 1. The molecule has 0 amide bonds. The van der Waals surface area contributed by atoms with Gasteiger partial charge in [0.1, 0.15) is 0 Å². The highest BCUT2D eigenvalue weighted by Crippen LogP contribution is 2.15. The number of aliphatic hydroxyl groups excluding tert-OH is 1. The molecule has 0 spiro atoms. The molecule has 1 aromatic heterocycles. The molecular formula is C9H12BrNO4. The largest absolute Gasteiger partial charge is 0.478 e. The molecule has 84 valence electrons. The van der Waals surface area contributed by atoms with Crippen LogP contribution in [0.5, 0.6) is 0 Å². The van der Waals surface area contributed by atoms with Crippen LogP contribution in [0.3, 0.4) is 0 Å². The summed E-state index contributed by atoms with van der Waals surface area (Å²) in [6, 6.07) is 1.54. The van der Waals surface area contributed by atoms with E-state index in [0.29, 0.717) is 24.4 Å². The number of hydrogen-bond acceptors (Lipinski definition) is 3. The minimum atomic E-state index is -0.953. The number of hydrogen-bond donors (Lipinski definition) is 2. The monoisotopic (exact) mass is 277 g/mol. The quantitative estimate of drug-likeness (QED) is 0.760. The van der Waals surface area contributed by atoms with Crippen molar-refractivity contribution in [1.29, 1.82) is 0 Å². The van der Waals surface area contributed by atoms with Gasteiger partial charge in [-0.15, -0.1) is 0 Å². The number of rotatable bonds is 6. The number of carboxylic acid groups (broad SMARTS) is 1. The molecule has 0 saturated carbocycles. The number of carbonyl (C=O) groups is 1. The minimum absolute atomic E-state index is 0.00672. The first-order chi connectivity index (χ1) is 7.15. The standard InChI is InChI=1S/C9H12BrNO4/c10-8-5-7(9(13)14)6-11(8)1-3-15-4-2-12/h5-6,12H,1-4H2,(H,13,14). The minimum Gasteiger partial charge on any atom is -0.478 e. The predicted molar refractivity (Wildman–Crippen MR) is 57.0 cm³/mol. The molecule has 5 nitrogen and oxygen atoms in total. The van der Waals surface area contributed by atoms with Gasteiger partial charge in [-0.25, -0.2) is 4.79 Å². The Labute approximate surface area is 95.4 Å². The third-order valence-corrected chi connectivity index (χ3v) is 2.49. The van der Waals surface area contributed by atoms with Crippen LogP contribution in [-0.2, 0) is 11.3 Å². The fraction of sp³-hybridized carbons (Fsp3) is 0.444. The Kier molecular flexibility index (Phi) is 4.80. The molecule has 0 fully saturated rings. The molecule has 0 atom stereocenters. The fourth-order valence-corrected chi connectivity index (χ4v) is 1.62. The Hall–Kier alpha value is -0.850. The normalized spacial score (nSPS) is 10.5. The van der Waals surface area contributed by atoms with Crippen LogP contribution in [0.1, 0.15) is 10.4 Å². The second-order valence-corrected chi connectivity index (χ2v) is 3.70. The van der Waals surface area contributed by atoms with Gasteiger partial charge in [-0.3, -0.25) is 0 Å². The fourth-order valence-electron chi connectivity index (χ4n) is 1.10. The Morgan fingerprint density at radius 1 is 1.53 bits per heavy atom. The summed E-state index contributed by atoms with van der Waals surface area (Å²) in [4.78, 5) is 10.6. The average Bonchev–Trinajstić information content (AvgIpc) is 2.55. The summed E-state index contributed by atoms with van der Waals surface area (Å²) < 4.78 is 7.51. The third kappa shape index (κ3) is 3.65. The molecule has 0 aliphatic heterocycles. The maximum absolute atomic E-state index is 10.6. The van der Waals surface area contributed by atoms with Crippen molar-refractivity contribution in [2.75, 3.05) is 19.8 Å². The number of ether oxygens (including phenoxy) is 1. The molecule has 15 heavy (non-hydrogen) atoms. The van der Waals surface area contributed by atoms with Crippen LogP contribution in [0.25, 0.3) is 0 Å². The lowest BCUT2D eigenvalue weighted by molar-refractivity contribution is 0.0696. The lowest BCUT2D eigenvalue weighted by Gasteiger charge is -2.04. The van der Waals surface area contributed by atoms with Crippen molar-refractivity contribution in [2.45, 2.75) is 6.54 Å². The van der Waals surface area contributed by atoms with Crippen molar-refractivity contribution in [1.82, 2.24) is 4.57 Å². The first kappa shape index (κ1) is 12.2. The molecule has 0 unspecified atom stereocenters. The van der Waals surface area contributed by atoms with Crippen molar-refractivity contribution in [2.24, 2.45) is 0 Å². The van der Waals surface area contributed by atoms with Crippen molar-refractivity contribution in [3.05, 3.63) is 22.4 Å². The van der Waals surface area contributed by atoms with Gasteiger partial charge in [0.15, 0.2) is 0 Å². The maximum Gasteiger partial charge on any atom is 0.337 e. The van der Waals surface area contributed by atoms with Gasteiger partial charge in [0.05, 0.1) is 30.0 Å². The van der Waals surface area contributed by atoms with E-state index in [1.807, 2.05) is 0 Å². The summed E-state index contributed by atoms with van der Waals surface area (Å²) >= 11 is 3.25. The molecule has 0 bridgehead atoms. The van der Waals surface area contributed by atoms with Gasteiger partial charge in [-0.1, -0.05) is 0 Å². The lowest BCUT2D eigenvalue weighted by atomic mass is 10.4. The highest BCUT2D eigenvalue weighted by molar-refractivity contribution is 9.10. The molecule has 2 N–H and O–H groups in total. The molecule has 0 aromatic carbocycles. The van der Waals surface area contributed by atoms with Crippen LogP contribution >= 0.6 is 15.9 Å². The Balaban J connectivity index is 2.50. The summed E-state index contributed by atoms with van der Waals surface area (Å²) in [5.41, 5.74) is 0.240. The average molecular weight is 278 g/mol. The summed E-state index contributed by atoms with van der Waals surface area (Å²) in [6.45, 7) is 1.28. The second kappa shape index (κ2) is 5.89. The molecule has 1 heterocycles. The first-order valence-corrected chi connectivity index (χ1v) is 5.22. The van der Waals surface area contributed by atoms with Crippen molar-refractivity contribution in [3.63, 3.8) is 0 Å². The highest BCUT2D eigenvalue weighted by Gasteiger charge is 2.08. The molecule has 0 aliphatic carbocycles. The highest BCUT2D eigenvalue weighted by atomic mass is 79.9. The summed E-state index contributed by atoms with van der Waals surface area (Å²) in [5, 5.41) is 17.2. The maximum atomic E-state index is 10.6. The zero-order chi connectivity index (χ0) is 11.3. The number of aliphatic hydroxyl groups is 1. The van der Waals surface area contributed by atoms with Crippen LogP contribution in [0.15, 0.2) is 16.9 Å². The number of aromatic nitrogens is 1. The van der Waals surface area contributed by atoms with Crippen LogP contribution in [0.2, 0.25) is 0 Å². The zero-order valence-electron chi connectivity index (χ0n) is 8.02. The Bertz CT molecular complexity index is 337. The van der Waals surface area contributed by atoms with Crippen LogP contribution in [-0.4, -0.2) is 40.6 Å². The zero-order valence-corrected chi connectivity index (χ0v) is 9.61. The SMILES string of the molecule is O=C(O)c1cc(Br)n(CCOCCO)c1. The van der Waals surface area contributed by atoms with E-state index in [9.17, 15) is 4.79 Å². The molecule has 0 radical (unpaired) electrons. The van der Waals surface area contributed by atoms with E-state index in [1.165, 1.54) is 12.3 Å². The van der Waals surface area contributed by atoms with Gasteiger partial charge in [0.25, 0.3) is 0 Å². The Morgan fingerprint density at radius 2 is 2.27 bits per heavy atom. The van der Waals surface area contributed by atoms with Crippen molar-refractivity contribution in [3.8, 4) is 0 Å². The number of halogens is 1. The first-order valence-electron chi connectivity index (χ1n) is 4.42. The number of aromatic carboxylic acids is 1. The molecular weight excluding hydrogens is 266 g/mol. The van der Waals surface area contributed by atoms with Gasteiger partial charge in [0, 0.05) is 12.7 Å². The molecule has 0 saturated heterocycles. The van der Waals surface area contributed by atoms with Crippen LogP contribution in [0, 0.1) is 0 Å². The van der Waals surface area contributed by atoms with E-state index in [-0.39, 0.29) is 12.2 Å². The van der Waals surface area contributed by atoms with E-state index in [4.69, 9.17) is 14.9 Å². The third-order valence-electron chi connectivity index (χ3n) is 1.80. The van der Waals surface area contributed by atoms with Gasteiger partial charge in [-0.05, 0) is 22.0 Å². The Morgan fingerprint density at radius 3 is 2.80 bits per heavy atom. The van der Waals surface area contributed by atoms with Crippen LogP contribution < -0.4 is 0 Å². The van der Waals surface area contributed by atoms with Gasteiger partial charge >= 0.3 is 5.97 Å². The molecule has 1 aromatic rings. The second-order valence-electron chi connectivity index (χ2n) is 2.89. The van der Waals surface area contributed by atoms with E-state index in [2.05, 4.69) is 15.9 Å². The topological polar surface area (TPSA) is 71.7 Å². The van der Waals surface area contributed by atoms with Gasteiger partial charge in [0.2, 0.25) is 0 Å². The van der Waals surface area contributed by atoms with E-state index in [0.717, 1.165) is 0 Å². The molecule has 1 rings (SSSR count). The van der Waals surface area contributed by atoms with E-state index in [1.54, 1.807) is 4.57 Å². The van der Waals surface area contributed by atoms with Crippen molar-refractivity contribution < 1.29 is 19.7 Å². The number of carboxylic acids is 1. The summed E-state index contributed by atoms with van der Waals surface area (Å²) in [6.07, 6.45) is 1.54. The molecule has 0 aliphatic rings. The molecule has 6 heteroatoms. The summed E-state index contributed by atoms with van der Waals surface area (Å²) in [7, 11) is 0. The van der Waals surface area contributed by atoms with E-state index < -0.39 is 5.97 Å². The summed E-state index contributed by atoms with van der Waals surface area (Å²) in [5.74, 6) is -0.953. The van der Waals surface area contributed by atoms with Gasteiger partial charge < -0.3 is 19.5 Å². The predicted octanol–water partition coefficient (Wildman–Crippen LogP) is 0.958. The van der Waals surface area contributed by atoms with Gasteiger partial charge in [-0.2, -0.15) is 0 Å². The smallest absolute Gasteiger partial charge is 0.337 e. The van der Waals surface area contributed by atoms with Crippen molar-refractivity contribution >= 4 is 21.9 Å². The van der Waals surface area contributed by atoms with Crippen LogP contribution in [0.4, 0.5) is 0 Å².